The second-order valence-electron chi connectivity index (χ2n) is 8.31. The first kappa shape index (κ1) is 25.7. The van der Waals surface area contributed by atoms with E-state index in [2.05, 4.69) is 16.7 Å². The van der Waals surface area contributed by atoms with Gasteiger partial charge in [-0.15, -0.1) is 11.8 Å². The average molecular weight is 476 g/mol. The molecule has 180 valence electrons. The number of thioether (sulfide) groups is 1. The van der Waals surface area contributed by atoms with Crippen LogP contribution >= 0.6 is 11.8 Å². The molecular formula is C26H35F2N3OS. The fraction of sp³-hybridized carbons (Fsp3) is 0.500. The fourth-order valence-corrected chi connectivity index (χ4v) is 5.98. The molecule has 0 N–H and O–H groups in total. The Balaban J connectivity index is 0.00000149. The summed E-state index contributed by atoms with van der Waals surface area (Å²) in [6.45, 7) is 8.88. The summed E-state index contributed by atoms with van der Waals surface area (Å²) in [6, 6.07) is 12.9. The largest absolute Gasteiger partial charge is 0.339 e. The Morgan fingerprint density at radius 1 is 0.939 bits per heavy atom. The maximum Gasteiger partial charge on any atom is 0.241 e. The van der Waals surface area contributed by atoms with Crippen molar-refractivity contribution in [3.8, 4) is 0 Å². The third-order valence-corrected chi connectivity index (χ3v) is 7.91. The Kier molecular flexibility index (Phi) is 9.29. The van der Waals surface area contributed by atoms with E-state index in [4.69, 9.17) is 0 Å². The van der Waals surface area contributed by atoms with Gasteiger partial charge in [0.2, 0.25) is 5.91 Å². The minimum absolute atomic E-state index is 0.0495. The van der Waals surface area contributed by atoms with Crippen molar-refractivity contribution in [3.05, 3.63) is 71.3 Å². The van der Waals surface area contributed by atoms with Crippen molar-refractivity contribution in [3.63, 3.8) is 0 Å². The number of halogens is 2. The maximum absolute atomic E-state index is 13.5. The van der Waals surface area contributed by atoms with Crippen molar-refractivity contribution in [2.24, 2.45) is 0 Å². The molecule has 2 saturated heterocycles. The van der Waals surface area contributed by atoms with E-state index >= 15 is 0 Å². The number of rotatable bonds is 5. The van der Waals surface area contributed by atoms with Crippen LogP contribution in [0.1, 0.15) is 44.4 Å². The quantitative estimate of drug-likeness (QED) is 0.608. The fourth-order valence-electron chi connectivity index (χ4n) is 4.65. The van der Waals surface area contributed by atoms with Crippen LogP contribution < -0.4 is 0 Å². The standard InChI is InChI=1S/C24H29F2N3OS.C2H6/c1-3-21-23(27(2)16-31-21)24(30)29-14-12-28(13-15-29)22(17-4-8-19(25)9-5-17)18-6-10-20(26)11-7-18;1-2/h4-11,21-23H,3,12-16H2,1-2H3;1-2H3/t21?,23-;/m1./s1. The molecule has 0 aromatic heterocycles. The van der Waals surface area contributed by atoms with E-state index < -0.39 is 0 Å². The highest BCUT2D eigenvalue weighted by Gasteiger charge is 2.40. The lowest BCUT2D eigenvalue weighted by atomic mass is 9.96. The zero-order valence-electron chi connectivity index (χ0n) is 20.0. The Morgan fingerprint density at radius 3 is 1.88 bits per heavy atom. The van der Waals surface area contributed by atoms with Gasteiger partial charge in [0.25, 0.3) is 0 Å². The van der Waals surface area contributed by atoms with Gasteiger partial charge in [0.1, 0.15) is 17.7 Å². The predicted molar refractivity (Wildman–Crippen MR) is 132 cm³/mol. The number of carbonyl (C=O) groups excluding carboxylic acids is 1. The molecule has 2 aromatic carbocycles. The molecule has 2 aliphatic rings. The van der Waals surface area contributed by atoms with Gasteiger partial charge in [0.15, 0.2) is 0 Å². The highest BCUT2D eigenvalue weighted by Crippen LogP contribution is 2.33. The molecule has 2 heterocycles. The molecule has 0 aliphatic carbocycles. The third kappa shape index (κ3) is 5.94. The Morgan fingerprint density at radius 2 is 1.42 bits per heavy atom. The third-order valence-electron chi connectivity index (χ3n) is 6.34. The molecule has 1 amide bonds. The van der Waals surface area contributed by atoms with E-state index in [9.17, 15) is 13.6 Å². The summed E-state index contributed by atoms with van der Waals surface area (Å²) in [5, 5.41) is 0.349. The summed E-state index contributed by atoms with van der Waals surface area (Å²) in [5.74, 6) is 0.563. The summed E-state index contributed by atoms with van der Waals surface area (Å²) in [5.41, 5.74) is 1.93. The van der Waals surface area contributed by atoms with Gasteiger partial charge in [-0.3, -0.25) is 14.6 Å². The zero-order chi connectivity index (χ0) is 24.0. The first-order chi connectivity index (χ1) is 16.0. The summed E-state index contributed by atoms with van der Waals surface area (Å²) in [7, 11) is 2.03. The molecule has 0 bridgehead atoms. The smallest absolute Gasteiger partial charge is 0.241 e. The number of likely N-dealkylation sites (N-methyl/N-ethyl adjacent to an activating group) is 1. The Hall–Kier alpha value is -1.96. The van der Waals surface area contributed by atoms with Crippen molar-refractivity contribution in [2.45, 2.75) is 44.5 Å². The van der Waals surface area contributed by atoms with Crippen LogP contribution in [0.25, 0.3) is 0 Å². The van der Waals surface area contributed by atoms with Gasteiger partial charge in [0, 0.05) is 37.3 Å². The molecule has 4 nitrogen and oxygen atoms in total. The Labute approximate surface area is 200 Å². The first-order valence-corrected chi connectivity index (χ1v) is 12.9. The zero-order valence-corrected chi connectivity index (χ0v) is 20.8. The summed E-state index contributed by atoms with van der Waals surface area (Å²) >= 11 is 1.86. The van der Waals surface area contributed by atoms with E-state index in [0.29, 0.717) is 31.4 Å². The van der Waals surface area contributed by atoms with Crippen LogP contribution in [-0.2, 0) is 4.79 Å². The molecule has 2 aliphatic heterocycles. The minimum Gasteiger partial charge on any atom is -0.339 e. The highest BCUT2D eigenvalue weighted by molar-refractivity contribution is 8.00. The second kappa shape index (κ2) is 12.0. The molecular weight excluding hydrogens is 440 g/mol. The van der Waals surface area contributed by atoms with E-state index in [1.165, 1.54) is 24.3 Å². The lowest BCUT2D eigenvalue weighted by molar-refractivity contribution is -0.137. The van der Waals surface area contributed by atoms with Crippen LogP contribution in [0.15, 0.2) is 48.5 Å². The van der Waals surface area contributed by atoms with Crippen molar-refractivity contribution >= 4 is 17.7 Å². The van der Waals surface area contributed by atoms with E-state index in [1.54, 1.807) is 24.3 Å². The van der Waals surface area contributed by atoms with Crippen LogP contribution in [-0.4, -0.2) is 71.0 Å². The summed E-state index contributed by atoms with van der Waals surface area (Å²) < 4.78 is 27.0. The van der Waals surface area contributed by atoms with Gasteiger partial charge in [-0.2, -0.15) is 0 Å². The summed E-state index contributed by atoms with van der Waals surface area (Å²) in [6.07, 6.45) is 0.989. The normalized spacial score (nSPS) is 21.7. The molecule has 0 radical (unpaired) electrons. The topological polar surface area (TPSA) is 26.8 Å². The molecule has 0 spiro atoms. The molecule has 4 rings (SSSR count). The van der Waals surface area contributed by atoms with Crippen LogP contribution in [0.4, 0.5) is 8.78 Å². The lowest BCUT2D eigenvalue weighted by Crippen LogP contribution is -2.55. The molecule has 2 atom stereocenters. The van der Waals surface area contributed by atoms with Gasteiger partial charge in [-0.1, -0.05) is 45.0 Å². The van der Waals surface area contributed by atoms with Crippen molar-refractivity contribution < 1.29 is 13.6 Å². The van der Waals surface area contributed by atoms with E-state index in [0.717, 1.165) is 23.4 Å². The number of piperazine rings is 1. The lowest BCUT2D eigenvalue weighted by Gasteiger charge is -2.41. The molecule has 2 fully saturated rings. The second-order valence-corrected chi connectivity index (χ2v) is 9.51. The number of nitrogens with zero attached hydrogens (tertiary/aromatic N) is 3. The van der Waals surface area contributed by atoms with Gasteiger partial charge in [-0.25, -0.2) is 8.78 Å². The van der Waals surface area contributed by atoms with Crippen LogP contribution in [0.5, 0.6) is 0 Å². The number of hydrogen-bond acceptors (Lipinski definition) is 4. The number of benzene rings is 2. The number of amides is 1. The maximum atomic E-state index is 13.5. The van der Waals surface area contributed by atoms with Crippen LogP contribution in [0.3, 0.4) is 0 Å². The van der Waals surface area contributed by atoms with E-state index in [-0.39, 0.29) is 29.6 Å². The molecule has 0 saturated carbocycles. The molecule has 1 unspecified atom stereocenters. The SMILES string of the molecule is CC.CCC1SCN(C)[C@H]1C(=O)N1CCN(C(c2ccc(F)cc2)c2ccc(F)cc2)CC1. The van der Waals surface area contributed by atoms with Gasteiger partial charge >= 0.3 is 0 Å². The number of carbonyl (C=O) groups is 1. The van der Waals surface area contributed by atoms with Gasteiger partial charge in [0.05, 0.1) is 6.04 Å². The molecule has 2 aromatic rings. The van der Waals surface area contributed by atoms with Crippen LogP contribution in [0, 0.1) is 11.6 Å². The highest BCUT2D eigenvalue weighted by atomic mass is 32.2. The van der Waals surface area contributed by atoms with Crippen LogP contribution in [0.2, 0.25) is 0 Å². The first-order valence-electron chi connectivity index (χ1n) is 11.8. The minimum atomic E-state index is -0.277. The molecule has 33 heavy (non-hydrogen) atoms. The van der Waals surface area contributed by atoms with Crippen molar-refractivity contribution in [2.75, 3.05) is 39.1 Å². The Bertz CT molecular complexity index is 840. The predicted octanol–water partition coefficient (Wildman–Crippen LogP) is 5.01. The van der Waals surface area contributed by atoms with E-state index in [1.807, 2.05) is 37.6 Å². The van der Waals surface area contributed by atoms with Crippen molar-refractivity contribution in [1.82, 2.24) is 14.7 Å². The van der Waals surface area contributed by atoms with Gasteiger partial charge < -0.3 is 4.90 Å². The van der Waals surface area contributed by atoms with Gasteiger partial charge in [-0.05, 0) is 48.9 Å². The average Bonchev–Trinajstić information content (AvgIpc) is 3.23. The summed E-state index contributed by atoms with van der Waals surface area (Å²) in [4.78, 5) is 19.7. The monoisotopic (exact) mass is 475 g/mol. The number of hydrogen-bond donors (Lipinski definition) is 0. The molecule has 7 heteroatoms. The van der Waals surface area contributed by atoms with Crippen molar-refractivity contribution in [1.29, 1.82) is 0 Å².